The Morgan fingerprint density at radius 3 is 1.62 bits per heavy atom. The zero-order chi connectivity index (χ0) is 35.9. The van der Waals surface area contributed by atoms with Crippen molar-refractivity contribution in [1.82, 2.24) is 0 Å². The molecule has 0 saturated heterocycles. The lowest BCUT2D eigenvalue weighted by Crippen LogP contribution is -2.61. The van der Waals surface area contributed by atoms with Gasteiger partial charge in [0.15, 0.2) is 0 Å². The number of para-hydroxylation sites is 2. The topological polar surface area (TPSA) is 6.48 Å². The van der Waals surface area contributed by atoms with Crippen molar-refractivity contribution in [3.8, 4) is 22.3 Å². The Morgan fingerprint density at radius 1 is 0.364 bits per heavy atom. The minimum Gasteiger partial charge on any atom is -0.311 e. The van der Waals surface area contributed by atoms with Crippen LogP contribution in [0.5, 0.6) is 0 Å². The molecule has 0 atom stereocenters. The van der Waals surface area contributed by atoms with E-state index in [4.69, 9.17) is 0 Å². The number of rotatable bonds is 2. The lowest BCUT2D eigenvalue weighted by Gasteiger charge is -2.44. The Hall–Kier alpha value is -5.80. The zero-order valence-corrected chi connectivity index (χ0v) is 31.1. The molecule has 2 saturated carbocycles. The summed E-state index contributed by atoms with van der Waals surface area (Å²) in [5.74, 6) is 0. The van der Waals surface area contributed by atoms with Crippen molar-refractivity contribution in [1.29, 1.82) is 0 Å². The standard InChI is InChI=1S/C52H41BN2/c1-2-15-34(16-3-1)54-46-22-9-8-21-44(46)53-45-32-39-37-18-5-7-20-41(37)52(29-12-13-30-52)43(39)33-49(45)55(48-24-14-23-47(54)50(48)53)35-25-26-38-36-17-4-6-19-40(36)51(42(38)31-35)27-10-11-28-51/h1-9,14-26,31-33H,10-13,27-30H2. The summed E-state index contributed by atoms with van der Waals surface area (Å²) in [6.07, 6.45) is 10.1. The second-order valence-corrected chi connectivity index (χ2v) is 17.1. The Balaban J connectivity index is 1.11. The maximum atomic E-state index is 2.68. The van der Waals surface area contributed by atoms with Crippen LogP contribution in [-0.2, 0) is 10.8 Å². The van der Waals surface area contributed by atoms with Crippen molar-refractivity contribution in [3.63, 3.8) is 0 Å². The Labute approximate surface area is 324 Å². The summed E-state index contributed by atoms with van der Waals surface area (Å²) in [4.78, 5) is 5.19. The fraction of sp³-hybridized carbons (Fsp3) is 0.192. The van der Waals surface area contributed by atoms with Gasteiger partial charge in [0, 0.05) is 45.0 Å². The molecule has 6 aliphatic rings. The van der Waals surface area contributed by atoms with Crippen LogP contribution >= 0.6 is 0 Å². The van der Waals surface area contributed by atoms with E-state index in [1.54, 1.807) is 16.7 Å². The minimum absolute atomic E-state index is 0.0941. The van der Waals surface area contributed by atoms with Crippen LogP contribution in [0.3, 0.4) is 0 Å². The third-order valence-corrected chi connectivity index (χ3v) is 14.7. The van der Waals surface area contributed by atoms with E-state index in [1.165, 1.54) is 130 Å². The summed E-state index contributed by atoms with van der Waals surface area (Å²) in [7, 11) is 0. The molecular formula is C52H41BN2. The molecule has 55 heavy (non-hydrogen) atoms. The second-order valence-electron chi connectivity index (χ2n) is 17.1. The van der Waals surface area contributed by atoms with Crippen LogP contribution in [0.15, 0.2) is 152 Å². The summed E-state index contributed by atoms with van der Waals surface area (Å²) < 4.78 is 0. The second kappa shape index (κ2) is 10.9. The van der Waals surface area contributed by atoms with E-state index in [0.29, 0.717) is 0 Å². The van der Waals surface area contributed by atoms with E-state index in [-0.39, 0.29) is 17.5 Å². The van der Waals surface area contributed by atoms with Crippen molar-refractivity contribution in [2.24, 2.45) is 0 Å². The molecular weight excluding hydrogens is 663 g/mol. The molecule has 4 aliphatic carbocycles. The molecule has 0 amide bonds. The van der Waals surface area contributed by atoms with Crippen LogP contribution in [0.4, 0.5) is 34.1 Å². The van der Waals surface area contributed by atoms with Crippen molar-refractivity contribution in [2.45, 2.75) is 62.2 Å². The van der Waals surface area contributed by atoms with Crippen molar-refractivity contribution < 1.29 is 0 Å². The SMILES string of the molecule is c1ccc(N2c3ccccc3B3c4cc5c(cc4N(c4ccc6c(c4)C4(CCCC4)c4ccccc4-6)c4cccc2c43)C2(CCCC2)c2ccccc2-5)cc1. The predicted molar refractivity (Wildman–Crippen MR) is 230 cm³/mol. The zero-order valence-electron chi connectivity index (χ0n) is 31.1. The maximum absolute atomic E-state index is 2.68. The lowest BCUT2D eigenvalue weighted by molar-refractivity contribution is 0.549. The number of fused-ring (bicyclic) bond motifs is 14. The molecule has 2 fully saturated rings. The predicted octanol–water partition coefficient (Wildman–Crippen LogP) is 11.5. The van der Waals surface area contributed by atoms with E-state index < -0.39 is 0 Å². The molecule has 2 heterocycles. The average Bonchev–Trinajstić information content (AvgIpc) is 4.05. The van der Waals surface area contributed by atoms with E-state index in [1.807, 2.05) is 0 Å². The van der Waals surface area contributed by atoms with Crippen LogP contribution in [-0.4, -0.2) is 6.71 Å². The molecule has 3 heteroatoms. The van der Waals surface area contributed by atoms with Gasteiger partial charge in [-0.3, -0.25) is 0 Å². The molecule has 13 rings (SSSR count). The van der Waals surface area contributed by atoms with Crippen molar-refractivity contribution >= 4 is 57.2 Å². The van der Waals surface area contributed by atoms with Gasteiger partial charge in [-0.25, -0.2) is 0 Å². The van der Waals surface area contributed by atoms with Gasteiger partial charge in [0.2, 0.25) is 0 Å². The molecule has 2 aliphatic heterocycles. The van der Waals surface area contributed by atoms with Gasteiger partial charge in [-0.1, -0.05) is 129 Å². The van der Waals surface area contributed by atoms with Gasteiger partial charge in [-0.05, 0) is 135 Å². The first kappa shape index (κ1) is 30.5. The van der Waals surface area contributed by atoms with Gasteiger partial charge in [0.05, 0.1) is 0 Å². The van der Waals surface area contributed by atoms with Gasteiger partial charge < -0.3 is 9.80 Å². The third kappa shape index (κ3) is 3.82. The highest BCUT2D eigenvalue weighted by atomic mass is 15.2. The molecule has 262 valence electrons. The summed E-state index contributed by atoms with van der Waals surface area (Å²) in [5, 5.41) is 0. The summed E-state index contributed by atoms with van der Waals surface area (Å²) in [6, 6.07) is 58.7. The molecule has 0 aromatic heterocycles. The van der Waals surface area contributed by atoms with Crippen LogP contribution < -0.4 is 26.2 Å². The number of benzene rings is 7. The fourth-order valence-corrected chi connectivity index (χ4v) is 12.6. The highest BCUT2D eigenvalue weighted by Crippen LogP contribution is 2.60. The summed E-state index contributed by atoms with van der Waals surface area (Å²) in [5.41, 5.74) is 24.0. The maximum Gasteiger partial charge on any atom is 0.252 e. The van der Waals surface area contributed by atoms with Gasteiger partial charge in [-0.2, -0.15) is 0 Å². The first-order chi connectivity index (χ1) is 27.3. The number of anilines is 6. The number of nitrogens with zero attached hydrogens (tertiary/aromatic N) is 2. The Morgan fingerprint density at radius 2 is 0.909 bits per heavy atom. The van der Waals surface area contributed by atoms with Gasteiger partial charge in [0.1, 0.15) is 0 Å². The first-order valence-corrected chi connectivity index (χ1v) is 20.7. The molecule has 0 bridgehead atoms. The average molecular weight is 705 g/mol. The Bertz CT molecular complexity index is 2750. The quantitative estimate of drug-likeness (QED) is 0.165. The number of hydrogen-bond acceptors (Lipinski definition) is 2. The van der Waals surface area contributed by atoms with Crippen LogP contribution in [0.1, 0.15) is 73.6 Å². The molecule has 0 radical (unpaired) electrons. The van der Waals surface area contributed by atoms with E-state index in [2.05, 4.69) is 161 Å². The molecule has 7 aromatic carbocycles. The minimum atomic E-state index is 0.0941. The van der Waals surface area contributed by atoms with Gasteiger partial charge >= 0.3 is 0 Å². The highest BCUT2D eigenvalue weighted by molar-refractivity contribution is 7.00. The molecule has 2 spiro atoms. The smallest absolute Gasteiger partial charge is 0.252 e. The highest BCUT2D eigenvalue weighted by Gasteiger charge is 2.50. The lowest BCUT2D eigenvalue weighted by atomic mass is 9.33. The molecule has 7 aromatic rings. The number of hydrogen-bond donors (Lipinski definition) is 0. The molecule has 2 nitrogen and oxygen atoms in total. The normalized spacial score (nSPS) is 18.1. The van der Waals surface area contributed by atoms with Crippen LogP contribution in [0.25, 0.3) is 22.3 Å². The molecule has 0 unspecified atom stereocenters. The summed E-state index contributed by atoms with van der Waals surface area (Å²) >= 11 is 0. The van der Waals surface area contributed by atoms with E-state index in [9.17, 15) is 0 Å². The fourth-order valence-electron chi connectivity index (χ4n) is 12.6. The van der Waals surface area contributed by atoms with Crippen molar-refractivity contribution in [2.75, 3.05) is 9.80 Å². The largest absolute Gasteiger partial charge is 0.311 e. The van der Waals surface area contributed by atoms with Crippen LogP contribution in [0, 0.1) is 0 Å². The van der Waals surface area contributed by atoms with Gasteiger partial charge in [0.25, 0.3) is 6.71 Å². The van der Waals surface area contributed by atoms with Crippen molar-refractivity contribution in [3.05, 3.63) is 174 Å². The van der Waals surface area contributed by atoms with Gasteiger partial charge in [-0.15, -0.1) is 0 Å². The van der Waals surface area contributed by atoms with Crippen LogP contribution in [0.2, 0.25) is 0 Å². The first-order valence-electron chi connectivity index (χ1n) is 20.7. The molecule has 0 N–H and O–H groups in total. The monoisotopic (exact) mass is 704 g/mol. The van der Waals surface area contributed by atoms with E-state index >= 15 is 0 Å². The van der Waals surface area contributed by atoms with E-state index in [0.717, 1.165) is 0 Å². The summed E-state index contributed by atoms with van der Waals surface area (Å²) in [6.45, 7) is 0.117. The Kier molecular flexibility index (Phi) is 6.06. The third-order valence-electron chi connectivity index (χ3n) is 14.7.